The first-order valence-corrected chi connectivity index (χ1v) is 10.4. The Morgan fingerprint density at radius 2 is 2.13 bits per heavy atom. The summed E-state index contributed by atoms with van der Waals surface area (Å²) >= 11 is 0. The van der Waals surface area contributed by atoms with Crippen molar-refractivity contribution >= 4 is 28.2 Å². The van der Waals surface area contributed by atoms with Crippen LogP contribution in [0.1, 0.15) is 37.2 Å². The van der Waals surface area contributed by atoms with E-state index in [0.29, 0.717) is 17.2 Å². The Hall–Kier alpha value is -3.36. The van der Waals surface area contributed by atoms with Crippen LogP contribution < -0.4 is 15.4 Å². The van der Waals surface area contributed by atoms with Crippen LogP contribution in [0.15, 0.2) is 24.4 Å². The van der Waals surface area contributed by atoms with Gasteiger partial charge in [-0.15, -0.1) is 5.10 Å². The molecule has 1 aliphatic rings. The van der Waals surface area contributed by atoms with Crippen LogP contribution in [0.3, 0.4) is 0 Å². The van der Waals surface area contributed by atoms with Crippen molar-refractivity contribution in [3.63, 3.8) is 0 Å². The number of methoxy groups -OCH3 is 1. The molecule has 0 aliphatic carbocycles. The maximum absolute atomic E-state index is 6.22. The smallest absolute Gasteiger partial charge is 0.223 e. The lowest BCUT2D eigenvalue weighted by molar-refractivity contribution is 0.419. The van der Waals surface area contributed by atoms with Crippen molar-refractivity contribution in [3.8, 4) is 5.75 Å². The number of para-hydroxylation sites is 1. The summed E-state index contributed by atoms with van der Waals surface area (Å²) in [6, 6.07) is 5.79. The molecule has 0 spiro atoms. The lowest BCUT2D eigenvalue weighted by Gasteiger charge is -2.32. The Morgan fingerprint density at radius 3 is 2.90 bits per heavy atom. The fourth-order valence-corrected chi connectivity index (χ4v) is 4.45. The zero-order valence-electron chi connectivity index (χ0n) is 17.5. The normalized spacial score (nSPS) is 17.2. The summed E-state index contributed by atoms with van der Waals surface area (Å²) in [4.78, 5) is 11.8. The molecular weight excluding hydrogens is 380 g/mol. The number of nitrogen functional groups attached to an aromatic ring is 1. The third kappa shape index (κ3) is 2.84. The van der Waals surface area contributed by atoms with Crippen LogP contribution >= 0.6 is 0 Å². The van der Waals surface area contributed by atoms with Gasteiger partial charge in [0.2, 0.25) is 5.95 Å². The van der Waals surface area contributed by atoms with Crippen LogP contribution in [-0.2, 0) is 6.54 Å². The standard InChI is InChI=1S/C21H26N8O/c1-4-28-13(2)16(11-23-28)27-10-6-7-14(12-27)19-25-20-15-8-5-9-17(30-3)18(15)24-21(22)29(20)26-19/h5,8-9,11,14H,4,6-7,10,12H2,1-3H3,(H2,22,24)/t14-/m1/s1. The van der Waals surface area contributed by atoms with E-state index in [-0.39, 0.29) is 5.92 Å². The van der Waals surface area contributed by atoms with Gasteiger partial charge in [-0.3, -0.25) is 4.68 Å². The lowest BCUT2D eigenvalue weighted by atomic mass is 9.97. The Morgan fingerprint density at radius 1 is 1.27 bits per heavy atom. The molecule has 0 unspecified atom stereocenters. The number of benzene rings is 1. The van der Waals surface area contributed by atoms with Gasteiger partial charge in [0, 0.05) is 30.9 Å². The highest BCUT2D eigenvalue weighted by Crippen LogP contribution is 2.32. The van der Waals surface area contributed by atoms with Crippen molar-refractivity contribution in [1.29, 1.82) is 0 Å². The van der Waals surface area contributed by atoms with Gasteiger partial charge in [-0.05, 0) is 38.8 Å². The number of nitrogens with two attached hydrogens (primary N) is 1. The summed E-state index contributed by atoms with van der Waals surface area (Å²) in [6.45, 7) is 7.00. The molecule has 1 aromatic carbocycles. The minimum absolute atomic E-state index is 0.225. The molecule has 1 fully saturated rings. The molecule has 5 rings (SSSR count). The van der Waals surface area contributed by atoms with E-state index < -0.39 is 0 Å². The minimum atomic E-state index is 0.225. The fourth-order valence-electron chi connectivity index (χ4n) is 4.45. The van der Waals surface area contributed by atoms with E-state index in [1.807, 2.05) is 29.1 Å². The molecule has 4 heterocycles. The third-order valence-corrected chi connectivity index (χ3v) is 6.03. The molecule has 30 heavy (non-hydrogen) atoms. The molecule has 0 saturated carbocycles. The fraction of sp³-hybridized carbons (Fsp3) is 0.429. The first-order valence-electron chi connectivity index (χ1n) is 10.4. The molecule has 1 atom stereocenters. The maximum atomic E-state index is 6.22. The number of hydrogen-bond acceptors (Lipinski definition) is 7. The van der Waals surface area contributed by atoms with Crippen molar-refractivity contribution in [2.24, 2.45) is 0 Å². The zero-order chi connectivity index (χ0) is 20.8. The molecule has 0 bridgehead atoms. The molecule has 4 aromatic rings. The van der Waals surface area contributed by atoms with Crippen LogP contribution in [0.2, 0.25) is 0 Å². The molecule has 9 nitrogen and oxygen atoms in total. The van der Waals surface area contributed by atoms with Crippen LogP contribution in [0.5, 0.6) is 5.75 Å². The average molecular weight is 406 g/mol. The molecule has 0 radical (unpaired) electrons. The predicted molar refractivity (Wildman–Crippen MR) is 116 cm³/mol. The summed E-state index contributed by atoms with van der Waals surface area (Å²) < 4.78 is 9.13. The summed E-state index contributed by atoms with van der Waals surface area (Å²) in [5, 5.41) is 10.1. The van der Waals surface area contributed by atoms with Gasteiger partial charge in [-0.25, -0.2) is 9.97 Å². The summed E-state index contributed by atoms with van der Waals surface area (Å²) in [5.74, 6) is 2.03. The predicted octanol–water partition coefficient (Wildman–Crippen LogP) is 2.78. The molecule has 1 aliphatic heterocycles. The lowest BCUT2D eigenvalue weighted by Crippen LogP contribution is -2.35. The number of rotatable bonds is 4. The van der Waals surface area contributed by atoms with E-state index in [2.05, 4.69) is 28.8 Å². The number of piperidine rings is 1. The van der Waals surface area contributed by atoms with Gasteiger partial charge in [-0.2, -0.15) is 9.61 Å². The number of anilines is 2. The Bertz CT molecular complexity index is 1230. The van der Waals surface area contributed by atoms with Crippen LogP contribution in [0.25, 0.3) is 16.6 Å². The van der Waals surface area contributed by atoms with Crippen molar-refractivity contribution in [1.82, 2.24) is 29.4 Å². The second kappa shape index (κ2) is 7.16. The first-order chi connectivity index (χ1) is 14.6. The first kappa shape index (κ1) is 18.7. The highest BCUT2D eigenvalue weighted by molar-refractivity contribution is 5.95. The van der Waals surface area contributed by atoms with Crippen LogP contribution in [0, 0.1) is 6.92 Å². The number of aryl methyl sites for hydroxylation is 1. The van der Waals surface area contributed by atoms with E-state index in [1.54, 1.807) is 11.6 Å². The number of fused-ring (bicyclic) bond motifs is 3. The minimum Gasteiger partial charge on any atom is -0.494 e. The monoisotopic (exact) mass is 406 g/mol. The van der Waals surface area contributed by atoms with E-state index in [1.165, 1.54) is 11.4 Å². The largest absolute Gasteiger partial charge is 0.494 e. The summed E-state index contributed by atoms with van der Waals surface area (Å²) in [5.41, 5.74) is 10.0. The van der Waals surface area contributed by atoms with Gasteiger partial charge < -0.3 is 15.4 Å². The SMILES string of the molecule is CCn1ncc(N2CCC[C@@H](c3nc4c5cccc(OC)c5nc(N)n4n3)C2)c1C. The van der Waals surface area contributed by atoms with Gasteiger partial charge in [0.05, 0.1) is 24.7 Å². The van der Waals surface area contributed by atoms with Crippen molar-refractivity contribution in [3.05, 3.63) is 35.9 Å². The number of hydrogen-bond donors (Lipinski definition) is 1. The molecule has 156 valence electrons. The van der Waals surface area contributed by atoms with Gasteiger partial charge in [-0.1, -0.05) is 6.07 Å². The zero-order valence-corrected chi connectivity index (χ0v) is 17.5. The second-order valence-electron chi connectivity index (χ2n) is 7.75. The molecule has 1 saturated heterocycles. The highest BCUT2D eigenvalue weighted by atomic mass is 16.5. The van der Waals surface area contributed by atoms with E-state index in [4.69, 9.17) is 20.6 Å². The summed E-state index contributed by atoms with van der Waals surface area (Å²) in [7, 11) is 1.63. The van der Waals surface area contributed by atoms with Gasteiger partial charge >= 0.3 is 0 Å². The van der Waals surface area contributed by atoms with Crippen LogP contribution in [0.4, 0.5) is 11.6 Å². The molecule has 3 aromatic heterocycles. The molecular formula is C21H26N8O. The van der Waals surface area contributed by atoms with Crippen molar-refractivity contribution < 1.29 is 4.74 Å². The van der Waals surface area contributed by atoms with E-state index in [9.17, 15) is 0 Å². The quantitative estimate of drug-likeness (QED) is 0.556. The average Bonchev–Trinajstić information content (AvgIpc) is 3.38. The third-order valence-electron chi connectivity index (χ3n) is 6.03. The highest BCUT2D eigenvalue weighted by Gasteiger charge is 2.27. The Kier molecular flexibility index (Phi) is 4.45. The van der Waals surface area contributed by atoms with Crippen LogP contribution in [-0.4, -0.2) is 49.6 Å². The van der Waals surface area contributed by atoms with Gasteiger partial charge in [0.15, 0.2) is 11.5 Å². The molecule has 2 N–H and O–H groups in total. The molecule has 0 amide bonds. The number of nitrogens with zero attached hydrogens (tertiary/aromatic N) is 7. The second-order valence-corrected chi connectivity index (χ2v) is 7.75. The van der Waals surface area contributed by atoms with E-state index in [0.717, 1.165) is 49.3 Å². The Labute approximate surface area is 174 Å². The number of aromatic nitrogens is 6. The molecule has 9 heteroatoms. The Balaban J connectivity index is 1.53. The maximum Gasteiger partial charge on any atom is 0.223 e. The van der Waals surface area contributed by atoms with Crippen molar-refractivity contribution in [2.75, 3.05) is 30.8 Å². The van der Waals surface area contributed by atoms with Gasteiger partial charge in [0.1, 0.15) is 11.3 Å². The number of ether oxygens (including phenoxy) is 1. The topological polar surface area (TPSA) is 99.4 Å². The summed E-state index contributed by atoms with van der Waals surface area (Å²) in [6.07, 6.45) is 4.10. The van der Waals surface area contributed by atoms with E-state index >= 15 is 0 Å². The van der Waals surface area contributed by atoms with Crippen molar-refractivity contribution in [2.45, 2.75) is 39.2 Å². The van der Waals surface area contributed by atoms with Gasteiger partial charge in [0.25, 0.3) is 0 Å².